The number of anilines is 1. The number of benzene rings is 1. The molecular weight excluding hydrogens is 258 g/mol. The molecule has 0 saturated carbocycles. The predicted octanol–water partition coefficient (Wildman–Crippen LogP) is 4.22. The van der Waals surface area contributed by atoms with E-state index in [2.05, 4.69) is 69.6 Å². The summed E-state index contributed by atoms with van der Waals surface area (Å²) < 4.78 is 5.79. The Hall–Kier alpha value is -1.46. The Morgan fingerprint density at radius 3 is 2.76 bits per heavy atom. The molecular formula is C19H27NO. The van der Waals surface area contributed by atoms with E-state index in [0.29, 0.717) is 12.6 Å². The maximum atomic E-state index is 5.79. The van der Waals surface area contributed by atoms with Gasteiger partial charge in [-0.25, -0.2) is 0 Å². The molecule has 0 N–H and O–H groups in total. The number of fused-ring (bicyclic) bond motifs is 1. The van der Waals surface area contributed by atoms with Crippen LogP contribution in [0.15, 0.2) is 18.2 Å². The van der Waals surface area contributed by atoms with Crippen molar-refractivity contribution in [1.82, 2.24) is 0 Å². The van der Waals surface area contributed by atoms with Crippen LogP contribution in [0.2, 0.25) is 0 Å². The third kappa shape index (κ3) is 3.80. The van der Waals surface area contributed by atoms with Gasteiger partial charge in [0.1, 0.15) is 0 Å². The van der Waals surface area contributed by atoms with E-state index in [1.54, 1.807) is 0 Å². The zero-order valence-corrected chi connectivity index (χ0v) is 14.0. The van der Waals surface area contributed by atoms with Crippen molar-refractivity contribution in [3.63, 3.8) is 0 Å². The van der Waals surface area contributed by atoms with Crippen LogP contribution in [0.3, 0.4) is 0 Å². The van der Waals surface area contributed by atoms with Crippen molar-refractivity contribution < 1.29 is 4.74 Å². The molecule has 1 aliphatic heterocycles. The second-order valence-corrected chi connectivity index (χ2v) is 6.63. The van der Waals surface area contributed by atoms with Crippen LogP contribution in [0, 0.1) is 17.3 Å². The van der Waals surface area contributed by atoms with E-state index in [1.807, 2.05) is 0 Å². The van der Waals surface area contributed by atoms with Gasteiger partial charge in [-0.15, -0.1) is 0 Å². The topological polar surface area (TPSA) is 12.5 Å². The van der Waals surface area contributed by atoms with Gasteiger partial charge in [-0.1, -0.05) is 24.8 Å². The van der Waals surface area contributed by atoms with Crippen LogP contribution in [0.1, 0.15) is 52.2 Å². The average Bonchev–Trinajstić information content (AvgIpc) is 2.67. The van der Waals surface area contributed by atoms with E-state index in [0.717, 1.165) is 25.1 Å². The summed E-state index contributed by atoms with van der Waals surface area (Å²) in [7, 11) is 0. The zero-order chi connectivity index (χ0) is 15.5. The highest BCUT2D eigenvalue weighted by Gasteiger charge is 2.20. The predicted molar refractivity (Wildman–Crippen MR) is 89.5 cm³/mol. The molecule has 1 aliphatic rings. The fraction of sp³-hybridized carbons (Fsp3) is 0.579. The summed E-state index contributed by atoms with van der Waals surface area (Å²) >= 11 is 0. The van der Waals surface area contributed by atoms with Crippen LogP contribution in [0.5, 0.6) is 0 Å². The van der Waals surface area contributed by atoms with Crippen molar-refractivity contribution in [2.75, 3.05) is 18.1 Å². The summed E-state index contributed by atoms with van der Waals surface area (Å²) in [5.41, 5.74) is 3.69. The van der Waals surface area contributed by atoms with E-state index in [-0.39, 0.29) is 5.41 Å². The van der Waals surface area contributed by atoms with Crippen molar-refractivity contribution in [2.24, 2.45) is 5.41 Å². The third-order valence-corrected chi connectivity index (χ3v) is 4.23. The third-order valence-electron chi connectivity index (χ3n) is 4.23. The molecule has 0 bridgehead atoms. The van der Waals surface area contributed by atoms with Crippen molar-refractivity contribution in [1.29, 1.82) is 0 Å². The second-order valence-electron chi connectivity index (χ2n) is 6.63. The first-order valence-electron chi connectivity index (χ1n) is 7.94. The van der Waals surface area contributed by atoms with Gasteiger partial charge in [0.15, 0.2) is 0 Å². The molecule has 0 aliphatic carbocycles. The summed E-state index contributed by atoms with van der Waals surface area (Å²) in [5, 5.41) is 0. The molecule has 0 unspecified atom stereocenters. The molecule has 0 spiro atoms. The van der Waals surface area contributed by atoms with E-state index in [4.69, 9.17) is 4.74 Å². The summed E-state index contributed by atoms with van der Waals surface area (Å²) in [5.74, 6) is 6.81. The lowest BCUT2D eigenvalue weighted by Crippen LogP contribution is -2.33. The maximum Gasteiger partial charge on any atom is 0.0750 e. The van der Waals surface area contributed by atoms with E-state index >= 15 is 0 Å². The molecule has 1 heterocycles. The number of hydrogen-bond donors (Lipinski definition) is 0. The van der Waals surface area contributed by atoms with Gasteiger partial charge in [0, 0.05) is 34.8 Å². The minimum Gasteiger partial charge on any atom is -0.375 e. The molecule has 0 aromatic heterocycles. The summed E-state index contributed by atoms with van der Waals surface area (Å²) in [6, 6.07) is 6.90. The highest BCUT2D eigenvalue weighted by atomic mass is 16.5. The van der Waals surface area contributed by atoms with Gasteiger partial charge in [-0.3, -0.25) is 0 Å². The van der Waals surface area contributed by atoms with Crippen LogP contribution < -0.4 is 4.90 Å². The first-order valence-corrected chi connectivity index (χ1v) is 7.94. The molecule has 2 nitrogen and oxygen atoms in total. The number of nitrogens with zero attached hydrogens (tertiary/aromatic N) is 1. The minimum absolute atomic E-state index is 0.0616. The lowest BCUT2D eigenvalue weighted by molar-refractivity contribution is 0.131. The monoisotopic (exact) mass is 285 g/mol. The molecule has 114 valence electrons. The Bertz CT molecular complexity index is 548. The summed E-state index contributed by atoms with van der Waals surface area (Å²) in [6.07, 6.45) is 1.06. The fourth-order valence-electron chi connectivity index (χ4n) is 2.43. The first-order chi connectivity index (χ1) is 9.94. The van der Waals surface area contributed by atoms with Crippen molar-refractivity contribution in [3.05, 3.63) is 29.3 Å². The molecule has 0 amide bonds. The Morgan fingerprint density at radius 1 is 1.33 bits per heavy atom. The lowest BCUT2D eigenvalue weighted by atomic mass is 9.90. The highest BCUT2D eigenvalue weighted by Crippen LogP contribution is 2.28. The van der Waals surface area contributed by atoms with Crippen LogP contribution >= 0.6 is 0 Å². The van der Waals surface area contributed by atoms with E-state index < -0.39 is 0 Å². The smallest absolute Gasteiger partial charge is 0.0750 e. The zero-order valence-electron chi connectivity index (χ0n) is 14.0. The normalized spacial score (nSPS) is 15.2. The highest BCUT2D eigenvalue weighted by molar-refractivity contribution is 5.61. The molecule has 1 aromatic carbocycles. The summed E-state index contributed by atoms with van der Waals surface area (Å²) in [4.78, 5) is 2.42. The molecule has 0 saturated heterocycles. The largest absolute Gasteiger partial charge is 0.375 e. The van der Waals surface area contributed by atoms with Crippen LogP contribution in [0.4, 0.5) is 5.69 Å². The van der Waals surface area contributed by atoms with Gasteiger partial charge in [-0.2, -0.15) is 0 Å². The molecule has 0 radical (unpaired) electrons. The van der Waals surface area contributed by atoms with Gasteiger partial charge in [0.2, 0.25) is 0 Å². The fourth-order valence-corrected chi connectivity index (χ4v) is 2.43. The lowest BCUT2D eigenvalue weighted by Gasteiger charge is -2.28. The maximum absolute atomic E-state index is 5.79. The van der Waals surface area contributed by atoms with Gasteiger partial charge in [0.25, 0.3) is 0 Å². The number of hydrogen-bond acceptors (Lipinski definition) is 2. The number of rotatable bonds is 2. The molecule has 2 heteroatoms. The number of ether oxygens (including phenoxy) is 1. The van der Waals surface area contributed by atoms with Crippen molar-refractivity contribution in [3.8, 4) is 11.8 Å². The Labute approximate surface area is 129 Å². The Balaban J connectivity index is 2.44. The Kier molecular flexibility index (Phi) is 4.96. The Morgan fingerprint density at radius 2 is 2.10 bits per heavy atom. The van der Waals surface area contributed by atoms with Gasteiger partial charge in [0.05, 0.1) is 13.2 Å². The molecule has 21 heavy (non-hydrogen) atoms. The van der Waals surface area contributed by atoms with Gasteiger partial charge >= 0.3 is 0 Å². The SMILES string of the molecule is CCC(C)(C)C#Cc1cccc2c1COCCN2C(C)C. The van der Waals surface area contributed by atoms with Crippen LogP contribution in [0.25, 0.3) is 0 Å². The standard InChI is InChI=1S/C19H27NO/c1-6-19(4,5)11-10-16-8-7-9-18-17(16)14-21-13-12-20(18)15(2)3/h7-9,15H,6,12-14H2,1-5H3. The molecule has 2 rings (SSSR count). The van der Waals surface area contributed by atoms with Gasteiger partial charge in [-0.05, 0) is 46.2 Å². The van der Waals surface area contributed by atoms with Crippen LogP contribution in [-0.2, 0) is 11.3 Å². The minimum atomic E-state index is 0.0616. The molecule has 0 fully saturated rings. The van der Waals surface area contributed by atoms with E-state index in [9.17, 15) is 0 Å². The second kappa shape index (κ2) is 6.54. The molecule has 1 aromatic rings. The van der Waals surface area contributed by atoms with E-state index in [1.165, 1.54) is 11.3 Å². The summed E-state index contributed by atoms with van der Waals surface area (Å²) in [6.45, 7) is 13.4. The average molecular weight is 285 g/mol. The van der Waals surface area contributed by atoms with Crippen LogP contribution in [-0.4, -0.2) is 19.2 Å². The van der Waals surface area contributed by atoms with Gasteiger partial charge < -0.3 is 9.64 Å². The van der Waals surface area contributed by atoms with Crippen molar-refractivity contribution in [2.45, 2.75) is 53.7 Å². The quantitative estimate of drug-likeness (QED) is 0.754. The molecule has 0 atom stereocenters. The van der Waals surface area contributed by atoms with Crippen molar-refractivity contribution >= 4 is 5.69 Å². The first kappa shape index (κ1) is 15.9.